The number of fused-ring (bicyclic) bond motifs is 2. The molecule has 0 N–H and O–H groups in total. The van der Waals surface area contributed by atoms with Crippen molar-refractivity contribution in [2.24, 2.45) is 0 Å². The number of hydrogen-bond acceptors (Lipinski definition) is 8. The third kappa shape index (κ3) is 5.99. The predicted molar refractivity (Wildman–Crippen MR) is 134 cm³/mol. The fraction of sp³-hybridized carbons (Fsp3) is 0.300. The maximum absolute atomic E-state index is 6.20. The van der Waals surface area contributed by atoms with Gasteiger partial charge in [0.2, 0.25) is 0 Å². The normalized spacial score (nSPS) is 13.8. The first-order valence-corrected chi connectivity index (χ1v) is 14.5. The van der Waals surface area contributed by atoms with Crippen LogP contribution in [0.3, 0.4) is 0 Å². The van der Waals surface area contributed by atoms with Gasteiger partial charge in [-0.25, -0.2) is 9.97 Å². The highest BCUT2D eigenvalue weighted by atomic mass is 35.5. The van der Waals surface area contributed by atoms with Crippen molar-refractivity contribution in [1.29, 1.82) is 0 Å². The van der Waals surface area contributed by atoms with E-state index in [1.165, 1.54) is 0 Å². The highest BCUT2D eigenvalue weighted by Crippen LogP contribution is 2.37. The topological polar surface area (TPSA) is 52.1 Å². The highest BCUT2D eigenvalue weighted by molar-refractivity contribution is 8.77. The first-order chi connectivity index (χ1) is 14.7. The fourth-order valence-corrected chi connectivity index (χ4v) is 8.95. The lowest BCUT2D eigenvalue weighted by molar-refractivity contribution is 0.489. The average molecular weight is 518 g/mol. The van der Waals surface area contributed by atoms with Gasteiger partial charge in [-0.2, -0.15) is 0 Å². The van der Waals surface area contributed by atoms with Gasteiger partial charge in [-0.05, 0) is 24.3 Å². The van der Waals surface area contributed by atoms with Gasteiger partial charge in [0.25, 0.3) is 10.4 Å². The number of rotatable bonds is 11. The molecule has 2 unspecified atom stereocenters. The van der Waals surface area contributed by atoms with Gasteiger partial charge in [0.1, 0.15) is 11.0 Å². The van der Waals surface area contributed by atoms with Crippen molar-refractivity contribution in [1.82, 2.24) is 9.97 Å². The van der Waals surface area contributed by atoms with Gasteiger partial charge in [0, 0.05) is 33.8 Å². The summed E-state index contributed by atoms with van der Waals surface area (Å²) in [5.74, 6) is 2.75. The molecular weight excluding hydrogens is 499 g/mol. The van der Waals surface area contributed by atoms with Crippen molar-refractivity contribution in [3.8, 4) is 0 Å². The summed E-state index contributed by atoms with van der Waals surface area (Å²) in [7, 11) is 3.53. The molecule has 10 heteroatoms. The lowest BCUT2D eigenvalue weighted by Gasteiger charge is -2.16. The lowest BCUT2D eigenvalue weighted by atomic mass is 10.3. The SMILES string of the molecule is ClCC(CSc1nc2ccccc2o1)SSC(CCl)CSc1nc2ccccc2o1. The van der Waals surface area contributed by atoms with E-state index >= 15 is 0 Å². The number of alkyl halides is 2. The first-order valence-electron chi connectivity index (χ1n) is 9.16. The molecule has 0 aliphatic heterocycles. The van der Waals surface area contributed by atoms with Crippen LogP contribution in [0.25, 0.3) is 22.2 Å². The van der Waals surface area contributed by atoms with Crippen LogP contribution in [0.1, 0.15) is 0 Å². The maximum atomic E-state index is 6.20. The monoisotopic (exact) mass is 516 g/mol. The Bertz CT molecular complexity index is 939. The first kappa shape index (κ1) is 22.6. The van der Waals surface area contributed by atoms with Crippen LogP contribution in [0.5, 0.6) is 0 Å². The van der Waals surface area contributed by atoms with Crippen LogP contribution in [0.2, 0.25) is 0 Å². The summed E-state index contributed by atoms with van der Waals surface area (Å²) >= 11 is 15.6. The van der Waals surface area contributed by atoms with E-state index in [1.54, 1.807) is 45.1 Å². The molecule has 4 aromatic rings. The number of thioether (sulfide) groups is 2. The molecule has 4 nitrogen and oxygen atoms in total. The molecule has 2 atom stereocenters. The third-order valence-corrected chi connectivity index (χ3v) is 10.8. The zero-order valence-electron chi connectivity index (χ0n) is 15.7. The summed E-state index contributed by atoms with van der Waals surface area (Å²) in [6.07, 6.45) is 0. The van der Waals surface area contributed by atoms with Crippen LogP contribution in [0, 0.1) is 0 Å². The molecule has 2 heterocycles. The fourth-order valence-electron chi connectivity index (χ4n) is 2.51. The Morgan fingerprint density at radius 3 is 1.53 bits per heavy atom. The zero-order chi connectivity index (χ0) is 20.8. The van der Waals surface area contributed by atoms with Gasteiger partial charge >= 0.3 is 0 Å². The van der Waals surface area contributed by atoms with Crippen molar-refractivity contribution in [2.75, 3.05) is 23.3 Å². The number of aromatic nitrogens is 2. The number of nitrogens with zero attached hydrogens (tertiary/aromatic N) is 2. The second-order valence-corrected chi connectivity index (χ2v) is 11.7. The van der Waals surface area contributed by atoms with E-state index in [9.17, 15) is 0 Å². The highest BCUT2D eigenvalue weighted by Gasteiger charge is 2.18. The number of oxazole rings is 2. The predicted octanol–water partition coefficient (Wildman–Crippen LogP) is 7.45. The molecule has 4 rings (SSSR count). The molecule has 0 bridgehead atoms. The lowest BCUT2D eigenvalue weighted by Crippen LogP contribution is -2.11. The van der Waals surface area contributed by atoms with Crippen molar-refractivity contribution in [2.45, 2.75) is 20.9 Å². The number of halogens is 2. The summed E-state index contributed by atoms with van der Waals surface area (Å²) in [6.45, 7) is 0. The van der Waals surface area contributed by atoms with Crippen LogP contribution < -0.4 is 0 Å². The van der Waals surface area contributed by atoms with E-state index in [1.807, 2.05) is 48.5 Å². The van der Waals surface area contributed by atoms with E-state index in [4.69, 9.17) is 32.0 Å². The molecule has 158 valence electrons. The van der Waals surface area contributed by atoms with Crippen LogP contribution >= 0.6 is 68.3 Å². The summed E-state index contributed by atoms with van der Waals surface area (Å²) in [6, 6.07) is 15.6. The standard InChI is InChI=1S/C20H18Cl2N2O2S4/c21-9-13(11-27-19-23-15-5-1-3-7-17(15)25-19)29-30-14(10-22)12-28-20-24-16-6-2-4-8-18(16)26-20/h1-8,13-14H,9-12H2. The molecule has 30 heavy (non-hydrogen) atoms. The van der Waals surface area contributed by atoms with Gasteiger partial charge in [-0.15, -0.1) is 23.2 Å². The molecule has 0 saturated carbocycles. The van der Waals surface area contributed by atoms with Gasteiger partial charge < -0.3 is 8.83 Å². The van der Waals surface area contributed by atoms with Crippen LogP contribution in [-0.4, -0.2) is 43.7 Å². The largest absolute Gasteiger partial charge is 0.431 e. The molecular formula is C20H18Cl2N2O2S4. The summed E-state index contributed by atoms with van der Waals surface area (Å²) in [5, 5.41) is 1.88. The van der Waals surface area contributed by atoms with E-state index < -0.39 is 0 Å². The Morgan fingerprint density at radius 2 is 1.13 bits per heavy atom. The smallest absolute Gasteiger partial charge is 0.256 e. The molecule has 0 aliphatic carbocycles. The van der Waals surface area contributed by atoms with Gasteiger partial charge in [-0.1, -0.05) is 69.4 Å². The van der Waals surface area contributed by atoms with E-state index in [-0.39, 0.29) is 10.5 Å². The Kier molecular flexibility index (Phi) is 8.49. The van der Waals surface area contributed by atoms with Crippen LogP contribution in [0.4, 0.5) is 0 Å². The summed E-state index contributed by atoms with van der Waals surface area (Å²) in [4.78, 5) is 9.01. The minimum absolute atomic E-state index is 0.261. The number of para-hydroxylation sites is 4. The molecule has 0 fully saturated rings. The van der Waals surface area contributed by atoms with Crippen molar-refractivity contribution in [3.63, 3.8) is 0 Å². The van der Waals surface area contributed by atoms with Crippen molar-refractivity contribution in [3.05, 3.63) is 48.5 Å². The maximum Gasteiger partial charge on any atom is 0.256 e. The van der Waals surface area contributed by atoms with Crippen molar-refractivity contribution >= 4 is 90.5 Å². The van der Waals surface area contributed by atoms with Crippen LogP contribution in [0.15, 0.2) is 67.8 Å². The van der Waals surface area contributed by atoms with E-state index in [2.05, 4.69) is 9.97 Å². The third-order valence-electron chi connectivity index (χ3n) is 4.01. The van der Waals surface area contributed by atoms with Crippen molar-refractivity contribution < 1.29 is 8.83 Å². The van der Waals surface area contributed by atoms with E-state index in [0.717, 1.165) is 33.7 Å². The molecule has 0 amide bonds. The molecule has 0 spiro atoms. The van der Waals surface area contributed by atoms with Gasteiger partial charge in [-0.3, -0.25) is 0 Å². The minimum atomic E-state index is 0.261. The molecule has 2 aromatic carbocycles. The number of benzene rings is 2. The minimum Gasteiger partial charge on any atom is -0.431 e. The Hall–Kier alpha value is -0.640. The van der Waals surface area contributed by atoms with Gasteiger partial charge in [0.15, 0.2) is 11.2 Å². The quantitative estimate of drug-likeness (QED) is 0.116. The summed E-state index contributed by atoms with van der Waals surface area (Å²) in [5.41, 5.74) is 3.37. The summed E-state index contributed by atoms with van der Waals surface area (Å²) < 4.78 is 11.5. The van der Waals surface area contributed by atoms with E-state index in [0.29, 0.717) is 22.2 Å². The van der Waals surface area contributed by atoms with Crippen LogP contribution in [-0.2, 0) is 0 Å². The number of hydrogen-bond donors (Lipinski definition) is 0. The molecule has 0 radical (unpaired) electrons. The Balaban J connectivity index is 1.25. The average Bonchev–Trinajstić information content (AvgIpc) is 3.38. The zero-order valence-corrected chi connectivity index (χ0v) is 20.5. The molecule has 0 aliphatic rings. The second-order valence-electron chi connectivity index (χ2n) is 6.26. The van der Waals surface area contributed by atoms with Gasteiger partial charge in [0.05, 0.1) is 0 Å². The molecule has 0 saturated heterocycles. The second kappa shape index (κ2) is 11.3. The Morgan fingerprint density at radius 1 is 0.700 bits per heavy atom. The molecule has 2 aromatic heterocycles. The Labute approximate surface area is 201 Å².